The molecule has 8 heteroatoms. The van der Waals surface area contributed by atoms with E-state index < -0.39 is 21.7 Å². The molecule has 1 aromatic rings. The number of allylic oxidation sites excluding steroid dienone is 2. The van der Waals surface area contributed by atoms with Crippen LogP contribution in [-0.4, -0.2) is 57.8 Å². The van der Waals surface area contributed by atoms with Gasteiger partial charge in [-0.25, -0.2) is 0 Å². The fourth-order valence-corrected chi connectivity index (χ4v) is 4.86. The zero-order valence-corrected chi connectivity index (χ0v) is 16.7. The molecule has 0 spiro atoms. The Morgan fingerprint density at radius 2 is 1.79 bits per heavy atom. The van der Waals surface area contributed by atoms with E-state index in [0.29, 0.717) is 17.7 Å². The van der Waals surface area contributed by atoms with Gasteiger partial charge in [0, 0.05) is 17.4 Å². The third kappa shape index (κ3) is 3.39. The number of benzene rings is 1. The minimum absolute atomic E-state index is 0.173. The van der Waals surface area contributed by atoms with Gasteiger partial charge < -0.3 is 9.84 Å². The number of rotatable bonds is 5. The summed E-state index contributed by atoms with van der Waals surface area (Å²) < 4.78 is 6.32. The van der Waals surface area contributed by atoms with E-state index in [-0.39, 0.29) is 11.7 Å². The summed E-state index contributed by atoms with van der Waals surface area (Å²) in [4.78, 5) is 0. The maximum absolute atomic E-state index is 10.8. The van der Waals surface area contributed by atoms with Crippen LogP contribution < -0.4 is 4.74 Å². The van der Waals surface area contributed by atoms with Gasteiger partial charge in [-0.05, 0) is 50.3 Å². The van der Waals surface area contributed by atoms with Crippen molar-refractivity contribution in [3.63, 3.8) is 0 Å². The summed E-state index contributed by atoms with van der Waals surface area (Å²) >= 11 is 0. The van der Waals surface area contributed by atoms with E-state index in [4.69, 9.17) is 51.8 Å². The molecule has 0 amide bonds. The average Bonchev–Trinajstić information content (AvgIpc) is 2.56. The van der Waals surface area contributed by atoms with Crippen molar-refractivity contribution in [2.24, 2.45) is 5.92 Å². The third-order valence-corrected chi connectivity index (χ3v) is 6.16. The highest BCUT2D eigenvalue weighted by Gasteiger charge is 2.60. The van der Waals surface area contributed by atoms with E-state index in [9.17, 15) is 5.11 Å². The molecule has 3 rings (SSSR count). The Labute approximate surface area is 177 Å². The summed E-state index contributed by atoms with van der Waals surface area (Å²) in [7, 11) is 37.2. The summed E-state index contributed by atoms with van der Waals surface area (Å²) in [6.45, 7) is 4.15. The van der Waals surface area contributed by atoms with Crippen LogP contribution in [0, 0.1) is 5.92 Å². The highest BCUT2D eigenvalue weighted by Crippen LogP contribution is 2.63. The predicted molar refractivity (Wildman–Crippen MR) is 119 cm³/mol. The molecule has 1 aliphatic carbocycles. The van der Waals surface area contributed by atoms with Crippen LogP contribution >= 0.6 is 0 Å². The second-order valence-electron chi connectivity index (χ2n) is 8.52. The molecule has 0 aromatic heterocycles. The molecule has 1 N–H and O–H groups in total. The zero-order chi connectivity index (χ0) is 20.9. The number of aromatic hydroxyl groups is 1. The van der Waals surface area contributed by atoms with Gasteiger partial charge in [-0.3, -0.25) is 0 Å². The lowest BCUT2D eigenvalue weighted by Crippen LogP contribution is -2.66. The van der Waals surface area contributed by atoms with Crippen molar-refractivity contribution < 1.29 is 9.84 Å². The van der Waals surface area contributed by atoms with E-state index in [0.717, 1.165) is 31.2 Å². The Balaban J connectivity index is 2.26. The second-order valence-corrected chi connectivity index (χ2v) is 8.52. The zero-order valence-electron chi connectivity index (χ0n) is 16.7. The molecular weight excluding hydrogens is 337 g/mol. The van der Waals surface area contributed by atoms with Crippen molar-refractivity contribution in [2.75, 3.05) is 0 Å². The second kappa shape index (κ2) is 7.33. The number of phenols is 1. The number of aryl methyl sites for hydroxylation is 1. The van der Waals surface area contributed by atoms with E-state index in [1.165, 1.54) is 5.57 Å². The predicted octanol–water partition coefficient (Wildman–Crippen LogP) is 2.46. The minimum atomic E-state index is -1.90. The van der Waals surface area contributed by atoms with Crippen molar-refractivity contribution in [1.29, 1.82) is 0 Å². The van der Waals surface area contributed by atoms with Gasteiger partial charge in [0.15, 0.2) is 0 Å². The lowest BCUT2D eigenvalue weighted by Gasteiger charge is -2.64. The van der Waals surface area contributed by atoms with Crippen LogP contribution in [-0.2, 0) is 6.42 Å². The first-order valence-electron chi connectivity index (χ1n) is 9.87. The smallest absolute Gasteiger partial charge is 0.127 e. The molecular formula is C20H22B6O2. The van der Waals surface area contributed by atoms with Crippen LogP contribution in [0.1, 0.15) is 56.6 Å². The Kier molecular flexibility index (Phi) is 5.67. The fourth-order valence-electron chi connectivity index (χ4n) is 4.86. The highest BCUT2D eigenvalue weighted by molar-refractivity contribution is 6.65. The van der Waals surface area contributed by atoms with E-state index in [2.05, 4.69) is 13.0 Å². The van der Waals surface area contributed by atoms with Crippen LogP contribution in [0.15, 0.2) is 23.8 Å². The van der Waals surface area contributed by atoms with Gasteiger partial charge in [-0.1, -0.05) is 35.2 Å². The van der Waals surface area contributed by atoms with Crippen LogP contribution in [0.2, 0.25) is 10.2 Å². The van der Waals surface area contributed by atoms with Gasteiger partial charge in [0.25, 0.3) is 0 Å². The molecule has 2 unspecified atom stereocenters. The van der Waals surface area contributed by atoms with Crippen LogP contribution in [0.4, 0.5) is 0 Å². The van der Waals surface area contributed by atoms with E-state index >= 15 is 0 Å². The van der Waals surface area contributed by atoms with Gasteiger partial charge in [-0.15, -0.1) is 0 Å². The molecule has 28 heavy (non-hydrogen) atoms. The first-order valence-corrected chi connectivity index (χ1v) is 9.87. The van der Waals surface area contributed by atoms with Crippen molar-refractivity contribution in [3.8, 4) is 11.5 Å². The van der Waals surface area contributed by atoms with Crippen molar-refractivity contribution in [1.82, 2.24) is 0 Å². The summed E-state index contributed by atoms with van der Waals surface area (Å²) in [5.74, 6) is -0.0555. The number of hydrogen-bond donors (Lipinski definition) is 1. The van der Waals surface area contributed by atoms with Gasteiger partial charge >= 0.3 is 0 Å². The lowest BCUT2D eigenvalue weighted by molar-refractivity contribution is -0.0210. The van der Waals surface area contributed by atoms with Crippen molar-refractivity contribution in [3.05, 3.63) is 34.9 Å². The summed E-state index contributed by atoms with van der Waals surface area (Å²) in [5, 5.41) is 7.04. The number of unbranched alkanes of at least 4 members (excludes halogenated alkanes) is 1. The van der Waals surface area contributed by atoms with Crippen LogP contribution in [0.5, 0.6) is 11.5 Å². The molecule has 2 nitrogen and oxygen atoms in total. The average molecular weight is 359 g/mol. The molecule has 1 aliphatic heterocycles. The minimum Gasteiger partial charge on any atom is -0.507 e. The molecule has 132 valence electrons. The van der Waals surface area contributed by atoms with Crippen LogP contribution in [0.25, 0.3) is 0 Å². The summed E-state index contributed by atoms with van der Waals surface area (Å²) in [6.07, 6.45) is 6.30. The largest absolute Gasteiger partial charge is 0.507 e. The molecule has 1 aromatic carbocycles. The summed E-state index contributed by atoms with van der Waals surface area (Å²) in [5.41, 5.74) is 1.17. The molecule has 2 atom stereocenters. The highest BCUT2D eigenvalue weighted by atomic mass is 16.5. The van der Waals surface area contributed by atoms with Gasteiger partial charge in [-0.2, -0.15) is 0 Å². The molecule has 2 aliphatic rings. The molecule has 0 fully saturated rings. The van der Waals surface area contributed by atoms with Crippen LogP contribution in [0.3, 0.4) is 0 Å². The normalized spacial score (nSPS) is 23.9. The van der Waals surface area contributed by atoms with Gasteiger partial charge in [0.1, 0.15) is 11.5 Å². The topological polar surface area (TPSA) is 29.5 Å². The number of ether oxygens (including phenoxy) is 1. The standard InChI is InChI=1S/C20H22B6O2/c1-3-4-5-12-9-15(27)17-13-8-11(2)6-7-14(13)18(19(21,22)23,20(24,25)26)28-16(17)10-12/h8-10,13-14,27H,3-7H2,1-2H3. The van der Waals surface area contributed by atoms with E-state index in [1.807, 2.05) is 13.0 Å². The van der Waals surface area contributed by atoms with Gasteiger partial charge in [0.05, 0.1) is 52.7 Å². The SMILES string of the molecule is [B]C([B])([B])C1(C([B])([B])[B])Oc2cc(CCCC)cc(O)c2C2C=C(C)CCC21. The molecule has 0 saturated carbocycles. The van der Waals surface area contributed by atoms with Gasteiger partial charge in [0.2, 0.25) is 0 Å². The van der Waals surface area contributed by atoms with E-state index in [1.54, 1.807) is 6.07 Å². The Morgan fingerprint density at radius 3 is 2.36 bits per heavy atom. The lowest BCUT2D eigenvalue weighted by atomic mass is 9.20. The summed E-state index contributed by atoms with van der Waals surface area (Å²) in [6, 6.07) is 3.67. The molecule has 0 bridgehead atoms. The monoisotopic (exact) mass is 360 g/mol. The number of fused-ring (bicyclic) bond motifs is 3. The Hall–Kier alpha value is -1.05. The fraction of sp³-hybridized carbons (Fsp3) is 0.600. The maximum atomic E-state index is 10.8. The first kappa shape index (κ1) is 21.7. The molecule has 0 saturated heterocycles. The van der Waals surface area contributed by atoms with Crippen molar-refractivity contribution >= 4 is 47.1 Å². The first-order chi connectivity index (χ1) is 12.9. The maximum Gasteiger partial charge on any atom is 0.127 e. The van der Waals surface area contributed by atoms with Crippen molar-refractivity contribution in [2.45, 2.75) is 67.7 Å². The molecule has 12 radical (unpaired) electrons. The Bertz CT molecular complexity index is 764. The molecule has 1 heterocycles. The number of hydrogen-bond acceptors (Lipinski definition) is 2. The Morgan fingerprint density at radius 1 is 1.14 bits per heavy atom. The number of phenolic OH excluding ortho intramolecular Hbond substituents is 1. The third-order valence-electron chi connectivity index (χ3n) is 6.16. The quantitative estimate of drug-likeness (QED) is 0.647.